The van der Waals surface area contributed by atoms with Gasteiger partial charge in [0.1, 0.15) is 11.6 Å². The minimum absolute atomic E-state index is 0.142. The molecule has 1 atom stereocenters. The molecule has 1 aliphatic rings. The van der Waals surface area contributed by atoms with Crippen molar-refractivity contribution in [3.05, 3.63) is 64.5 Å². The fourth-order valence-electron chi connectivity index (χ4n) is 3.05. The second kappa shape index (κ2) is 7.05. The summed E-state index contributed by atoms with van der Waals surface area (Å²) in [7, 11) is 0. The van der Waals surface area contributed by atoms with Crippen molar-refractivity contribution in [3.63, 3.8) is 0 Å². The zero-order valence-electron chi connectivity index (χ0n) is 14.3. The highest BCUT2D eigenvalue weighted by Crippen LogP contribution is 2.39. The summed E-state index contributed by atoms with van der Waals surface area (Å²) in [4.78, 5) is 24.1. The molecule has 2 aromatic carbocycles. The van der Waals surface area contributed by atoms with E-state index in [1.165, 1.54) is 12.1 Å². The molecule has 0 spiro atoms. The van der Waals surface area contributed by atoms with Crippen LogP contribution in [0.1, 0.15) is 46.3 Å². The van der Waals surface area contributed by atoms with Gasteiger partial charge in [-0.1, -0.05) is 36.8 Å². The standard InChI is InChI=1S/C20H20FNO3/c1-12-3-5-14(6-4-12)10-22-18(24)11-25-17-8-7-15(21)19-13(2)9-16(23)20(17)19/h3-8,13H,9-11H2,1-2H3,(H,22,24)/t13-/m1/s1. The third-order valence-corrected chi connectivity index (χ3v) is 4.39. The predicted molar refractivity (Wildman–Crippen MR) is 92.3 cm³/mol. The quantitative estimate of drug-likeness (QED) is 0.905. The van der Waals surface area contributed by atoms with Crippen LogP contribution in [0, 0.1) is 12.7 Å². The van der Waals surface area contributed by atoms with Gasteiger partial charge >= 0.3 is 0 Å². The number of carbonyl (C=O) groups excluding carboxylic acids is 2. The molecule has 1 N–H and O–H groups in total. The molecule has 1 aliphatic carbocycles. The van der Waals surface area contributed by atoms with Gasteiger partial charge in [-0.05, 0) is 30.5 Å². The highest BCUT2D eigenvalue weighted by atomic mass is 19.1. The summed E-state index contributed by atoms with van der Waals surface area (Å²) in [5, 5.41) is 2.76. The largest absolute Gasteiger partial charge is 0.483 e. The fourth-order valence-corrected chi connectivity index (χ4v) is 3.05. The summed E-state index contributed by atoms with van der Waals surface area (Å²) in [5.74, 6) is -0.726. The number of ketones is 1. The lowest BCUT2D eigenvalue weighted by Gasteiger charge is -2.12. The molecule has 0 aromatic heterocycles. The molecule has 0 fully saturated rings. The second-order valence-electron chi connectivity index (χ2n) is 6.41. The van der Waals surface area contributed by atoms with Gasteiger partial charge in [0.15, 0.2) is 12.4 Å². The van der Waals surface area contributed by atoms with Crippen LogP contribution in [0.25, 0.3) is 0 Å². The van der Waals surface area contributed by atoms with E-state index < -0.39 is 5.82 Å². The molecule has 2 aromatic rings. The maximum Gasteiger partial charge on any atom is 0.258 e. The Hall–Kier alpha value is -2.69. The van der Waals surface area contributed by atoms with E-state index in [-0.39, 0.29) is 41.9 Å². The first-order valence-corrected chi connectivity index (χ1v) is 8.26. The van der Waals surface area contributed by atoms with E-state index in [0.717, 1.165) is 11.1 Å². The molecule has 0 aliphatic heterocycles. The topological polar surface area (TPSA) is 55.4 Å². The van der Waals surface area contributed by atoms with Gasteiger partial charge in [0, 0.05) is 18.5 Å². The highest BCUT2D eigenvalue weighted by Gasteiger charge is 2.32. The van der Waals surface area contributed by atoms with Gasteiger partial charge < -0.3 is 10.1 Å². The average Bonchev–Trinajstić information content (AvgIpc) is 2.89. The number of rotatable bonds is 5. The summed E-state index contributed by atoms with van der Waals surface area (Å²) in [6.45, 7) is 4.00. The molecule has 4 nitrogen and oxygen atoms in total. The summed E-state index contributed by atoms with van der Waals surface area (Å²) in [6, 6.07) is 10.6. The molecule has 0 bridgehead atoms. The van der Waals surface area contributed by atoms with E-state index in [1.807, 2.05) is 38.1 Å². The van der Waals surface area contributed by atoms with Gasteiger partial charge in [0.2, 0.25) is 0 Å². The van der Waals surface area contributed by atoms with Crippen LogP contribution in [0.2, 0.25) is 0 Å². The number of fused-ring (bicyclic) bond motifs is 1. The van der Waals surface area contributed by atoms with Crippen LogP contribution in [-0.2, 0) is 11.3 Å². The molecule has 3 rings (SSSR count). The molecule has 1 amide bonds. The molecule has 5 heteroatoms. The van der Waals surface area contributed by atoms with Crippen molar-refractivity contribution in [1.29, 1.82) is 0 Å². The first-order chi connectivity index (χ1) is 12.0. The molecule has 0 unspecified atom stereocenters. The van der Waals surface area contributed by atoms with Crippen LogP contribution in [0.5, 0.6) is 5.75 Å². The van der Waals surface area contributed by atoms with Crippen LogP contribution in [0.3, 0.4) is 0 Å². The van der Waals surface area contributed by atoms with Crippen LogP contribution in [0.4, 0.5) is 4.39 Å². The van der Waals surface area contributed by atoms with Crippen LogP contribution >= 0.6 is 0 Å². The van der Waals surface area contributed by atoms with E-state index in [2.05, 4.69) is 5.32 Å². The number of halogens is 1. The zero-order chi connectivity index (χ0) is 18.0. The Morgan fingerprint density at radius 1 is 1.24 bits per heavy atom. The van der Waals surface area contributed by atoms with E-state index in [0.29, 0.717) is 12.1 Å². The normalized spacial score (nSPS) is 15.8. The van der Waals surface area contributed by atoms with Gasteiger partial charge in [-0.25, -0.2) is 4.39 Å². The molecule has 0 radical (unpaired) electrons. The maximum absolute atomic E-state index is 13.9. The number of carbonyl (C=O) groups is 2. The number of hydrogen-bond donors (Lipinski definition) is 1. The lowest BCUT2D eigenvalue weighted by molar-refractivity contribution is -0.123. The molecular formula is C20H20FNO3. The Labute approximate surface area is 146 Å². The average molecular weight is 341 g/mol. The smallest absolute Gasteiger partial charge is 0.258 e. The summed E-state index contributed by atoms with van der Waals surface area (Å²) < 4.78 is 19.4. The minimum atomic E-state index is -0.399. The minimum Gasteiger partial charge on any atom is -0.483 e. The Morgan fingerprint density at radius 2 is 1.96 bits per heavy atom. The van der Waals surface area contributed by atoms with Gasteiger partial charge in [-0.15, -0.1) is 0 Å². The highest BCUT2D eigenvalue weighted by molar-refractivity contribution is 6.03. The molecule has 0 saturated carbocycles. The number of hydrogen-bond acceptors (Lipinski definition) is 3. The Morgan fingerprint density at radius 3 is 2.68 bits per heavy atom. The van der Waals surface area contributed by atoms with Crippen molar-refractivity contribution in [2.24, 2.45) is 0 Å². The van der Waals surface area contributed by atoms with Gasteiger partial charge in [0.25, 0.3) is 5.91 Å². The lowest BCUT2D eigenvalue weighted by atomic mass is 10.0. The number of benzene rings is 2. The maximum atomic E-state index is 13.9. The summed E-state index contributed by atoms with van der Waals surface area (Å²) >= 11 is 0. The zero-order valence-corrected chi connectivity index (χ0v) is 14.3. The van der Waals surface area contributed by atoms with Crippen LogP contribution in [-0.4, -0.2) is 18.3 Å². The van der Waals surface area contributed by atoms with Crippen molar-refractivity contribution in [2.45, 2.75) is 32.7 Å². The summed E-state index contributed by atoms with van der Waals surface area (Å²) in [6.07, 6.45) is 0.270. The van der Waals surface area contributed by atoms with Crippen molar-refractivity contribution in [1.82, 2.24) is 5.32 Å². The fraction of sp³-hybridized carbons (Fsp3) is 0.300. The molecule has 130 valence electrons. The Bertz CT molecular complexity index is 814. The van der Waals surface area contributed by atoms with E-state index in [1.54, 1.807) is 0 Å². The monoisotopic (exact) mass is 341 g/mol. The first-order valence-electron chi connectivity index (χ1n) is 8.26. The molecule has 0 saturated heterocycles. The first kappa shape index (κ1) is 17.1. The van der Waals surface area contributed by atoms with Crippen LogP contribution < -0.4 is 10.1 Å². The third kappa shape index (κ3) is 3.71. The number of Topliss-reactive ketones (excluding diaryl/α,β-unsaturated/α-hetero) is 1. The van der Waals surface area contributed by atoms with E-state index in [9.17, 15) is 14.0 Å². The predicted octanol–water partition coefficient (Wildman–Crippen LogP) is 3.52. The second-order valence-corrected chi connectivity index (χ2v) is 6.41. The van der Waals surface area contributed by atoms with Crippen molar-refractivity contribution in [3.8, 4) is 5.75 Å². The number of ether oxygens (including phenoxy) is 1. The SMILES string of the molecule is Cc1ccc(CNC(=O)COc2ccc(F)c3c2C(=O)C[C@H]3C)cc1. The van der Waals surface area contributed by atoms with Gasteiger partial charge in [0.05, 0.1) is 5.56 Å². The Balaban J connectivity index is 1.61. The third-order valence-electron chi connectivity index (χ3n) is 4.39. The molecular weight excluding hydrogens is 321 g/mol. The summed E-state index contributed by atoms with van der Waals surface area (Å²) in [5.41, 5.74) is 2.81. The van der Waals surface area contributed by atoms with Crippen LogP contribution in [0.15, 0.2) is 36.4 Å². The van der Waals surface area contributed by atoms with Crippen molar-refractivity contribution >= 4 is 11.7 Å². The van der Waals surface area contributed by atoms with E-state index in [4.69, 9.17) is 4.74 Å². The number of aryl methyl sites for hydroxylation is 1. The number of nitrogens with one attached hydrogen (secondary N) is 1. The lowest BCUT2D eigenvalue weighted by Crippen LogP contribution is -2.28. The van der Waals surface area contributed by atoms with E-state index >= 15 is 0 Å². The number of amides is 1. The van der Waals surface area contributed by atoms with Gasteiger partial charge in [-0.2, -0.15) is 0 Å². The Kier molecular flexibility index (Phi) is 4.83. The molecule has 25 heavy (non-hydrogen) atoms. The van der Waals surface area contributed by atoms with Crippen molar-refractivity contribution < 1.29 is 18.7 Å². The van der Waals surface area contributed by atoms with Crippen molar-refractivity contribution in [2.75, 3.05) is 6.61 Å². The van der Waals surface area contributed by atoms with Gasteiger partial charge in [-0.3, -0.25) is 9.59 Å². The molecule has 0 heterocycles.